The van der Waals surface area contributed by atoms with Crippen molar-refractivity contribution in [3.63, 3.8) is 0 Å². The standard InChI is InChI=1S/C27H28N2O4/c1-28-27(31)33-19-25(30)26(21-10-6-3-7-11-21)29-16-14-22-18-23(12-13-24(22)29)32-17-15-20-8-4-2-5-9-20/h2-14,16,18,25-26,30H,15,17,19H2,1H3,(H,28,31)/t25-,26-/m0/s1. The van der Waals surface area contributed by atoms with Crippen molar-refractivity contribution in [1.82, 2.24) is 9.88 Å². The highest BCUT2D eigenvalue weighted by atomic mass is 16.6. The summed E-state index contributed by atoms with van der Waals surface area (Å²) in [5, 5.41) is 14.4. The highest BCUT2D eigenvalue weighted by Gasteiger charge is 2.25. The monoisotopic (exact) mass is 444 g/mol. The van der Waals surface area contributed by atoms with Gasteiger partial charge in [-0.25, -0.2) is 4.79 Å². The summed E-state index contributed by atoms with van der Waals surface area (Å²) in [6.45, 7) is 0.470. The number of alkyl carbamates (subject to hydrolysis) is 1. The minimum absolute atomic E-state index is 0.125. The van der Waals surface area contributed by atoms with E-state index >= 15 is 0 Å². The Bertz CT molecular complexity index is 1170. The van der Waals surface area contributed by atoms with Gasteiger partial charge in [0.2, 0.25) is 0 Å². The SMILES string of the molecule is CNC(=O)OC[C@H](O)[C@H](c1ccccc1)n1ccc2cc(OCCc3ccccc3)ccc21. The number of fused-ring (bicyclic) bond motifs is 1. The lowest BCUT2D eigenvalue weighted by Crippen LogP contribution is -2.32. The number of carbonyl (C=O) groups is 1. The summed E-state index contributed by atoms with van der Waals surface area (Å²) in [5.74, 6) is 0.802. The van der Waals surface area contributed by atoms with E-state index < -0.39 is 18.2 Å². The van der Waals surface area contributed by atoms with Crippen LogP contribution in [0, 0.1) is 0 Å². The van der Waals surface area contributed by atoms with Crippen LogP contribution in [0.4, 0.5) is 4.79 Å². The van der Waals surface area contributed by atoms with Crippen molar-refractivity contribution in [1.29, 1.82) is 0 Å². The maximum atomic E-state index is 11.5. The molecule has 0 aliphatic heterocycles. The summed E-state index contributed by atoms with van der Waals surface area (Å²) in [6, 6.07) is 27.5. The van der Waals surface area contributed by atoms with Gasteiger partial charge in [-0.15, -0.1) is 0 Å². The fourth-order valence-electron chi connectivity index (χ4n) is 3.95. The molecule has 0 aliphatic rings. The van der Waals surface area contributed by atoms with E-state index in [4.69, 9.17) is 9.47 Å². The Labute approximate surface area is 193 Å². The molecule has 6 heteroatoms. The van der Waals surface area contributed by atoms with E-state index in [1.165, 1.54) is 12.6 Å². The number of aliphatic hydroxyl groups excluding tert-OH is 1. The smallest absolute Gasteiger partial charge is 0.406 e. The van der Waals surface area contributed by atoms with Gasteiger partial charge >= 0.3 is 6.09 Å². The largest absolute Gasteiger partial charge is 0.493 e. The average molecular weight is 445 g/mol. The lowest BCUT2D eigenvalue weighted by atomic mass is 10.0. The highest BCUT2D eigenvalue weighted by Crippen LogP contribution is 2.30. The molecule has 0 unspecified atom stereocenters. The Morgan fingerprint density at radius 3 is 2.45 bits per heavy atom. The number of amides is 1. The van der Waals surface area contributed by atoms with Gasteiger partial charge in [0.25, 0.3) is 0 Å². The number of hydrogen-bond acceptors (Lipinski definition) is 4. The van der Waals surface area contributed by atoms with E-state index in [1.54, 1.807) is 0 Å². The first-order chi connectivity index (χ1) is 16.2. The first kappa shape index (κ1) is 22.4. The number of nitrogens with zero attached hydrogens (tertiary/aromatic N) is 1. The second kappa shape index (κ2) is 10.7. The van der Waals surface area contributed by atoms with Crippen molar-refractivity contribution in [3.05, 3.63) is 102 Å². The molecule has 0 saturated heterocycles. The molecule has 3 aromatic carbocycles. The Morgan fingerprint density at radius 1 is 1.00 bits per heavy atom. The van der Waals surface area contributed by atoms with Crippen LogP contribution in [0.25, 0.3) is 10.9 Å². The fraction of sp³-hybridized carbons (Fsp3) is 0.222. The minimum atomic E-state index is -0.929. The molecule has 2 atom stereocenters. The van der Waals surface area contributed by atoms with Crippen LogP contribution in [0.2, 0.25) is 0 Å². The topological polar surface area (TPSA) is 72.7 Å². The summed E-state index contributed by atoms with van der Waals surface area (Å²) in [4.78, 5) is 11.5. The third kappa shape index (κ3) is 5.54. The third-order valence-electron chi connectivity index (χ3n) is 5.59. The van der Waals surface area contributed by atoms with Gasteiger partial charge in [0, 0.05) is 30.6 Å². The number of aromatic nitrogens is 1. The van der Waals surface area contributed by atoms with Gasteiger partial charge in [0.05, 0.1) is 12.6 Å². The van der Waals surface area contributed by atoms with Crippen LogP contribution < -0.4 is 10.1 Å². The molecule has 6 nitrogen and oxygen atoms in total. The molecule has 1 aromatic heterocycles. The number of rotatable bonds is 9. The number of carbonyl (C=O) groups excluding carboxylic acids is 1. The molecule has 1 heterocycles. The number of nitrogens with one attached hydrogen (secondary N) is 1. The quantitative estimate of drug-likeness (QED) is 0.397. The molecule has 0 spiro atoms. The molecule has 2 N–H and O–H groups in total. The molecule has 4 aromatic rings. The van der Waals surface area contributed by atoms with Crippen LogP contribution in [0.15, 0.2) is 91.1 Å². The van der Waals surface area contributed by atoms with Gasteiger partial charge in [-0.05, 0) is 35.4 Å². The molecule has 33 heavy (non-hydrogen) atoms. The van der Waals surface area contributed by atoms with E-state index in [2.05, 4.69) is 17.4 Å². The van der Waals surface area contributed by atoms with E-state index in [1.807, 2.05) is 83.6 Å². The molecule has 170 valence electrons. The van der Waals surface area contributed by atoms with E-state index in [0.29, 0.717) is 6.61 Å². The van der Waals surface area contributed by atoms with Crippen LogP contribution in [-0.2, 0) is 11.2 Å². The zero-order valence-corrected chi connectivity index (χ0v) is 18.6. The Morgan fingerprint density at radius 2 is 1.73 bits per heavy atom. The number of ether oxygens (including phenoxy) is 2. The van der Waals surface area contributed by atoms with Crippen molar-refractivity contribution in [3.8, 4) is 5.75 Å². The number of hydrogen-bond donors (Lipinski definition) is 2. The maximum Gasteiger partial charge on any atom is 0.406 e. The summed E-state index contributed by atoms with van der Waals surface area (Å²) in [7, 11) is 1.49. The first-order valence-electron chi connectivity index (χ1n) is 11.0. The normalized spacial score (nSPS) is 12.8. The van der Waals surface area contributed by atoms with Gasteiger partial charge in [-0.3, -0.25) is 0 Å². The van der Waals surface area contributed by atoms with Gasteiger partial charge < -0.3 is 24.5 Å². The second-order valence-electron chi connectivity index (χ2n) is 7.80. The predicted octanol–water partition coefficient (Wildman–Crippen LogP) is 4.57. The molecular weight excluding hydrogens is 416 g/mol. The lowest BCUT2D eigenvalue weighted by molar-refractivity contribution is 0.0477. The van der Waals surface area contributed by atoms with E-state index in [-0.39, 0.29) is 6.61 Å². The lowest BCUT2D eigenvalue weighted by Gasteiger charge is -2.26. The maximum absolute atomic E-state index is 11.5. The van der Waals surface area contributed by atoms with Crippen LogP contribution in [0.3, 0.4) is 0 Å². The zero-order valence-electron chi connectivity index (χ0n) is 18.6. The van der Waals surface area contributed by atoms with Gasteiger partial charge in [-0.1, -0.05) is 60.7 Å². The third-order valence-corrected chi connectivity index (χ3v) is 5.59. The van der Waals surface area contributed by atoms with Crippen LogP contribution in [0.5, 0.6) is 5.75 Å². The summed E-state index contributed by atoms with van der Waals surface area (Å²) in [5.41, 5.74) is 3.12. The Kier molecular flexibility index (Phi) is 7.27. The van der Waals surface area contributed by atoms with Crippen molar-refractivity contribution >= 4 is 17.0 Å². The molecular formula is C27H28N2O4. The van der Waals surface area contributed by atoms with Gasteiger partial charge in [0.15, 0.2) is 0 Å². The van der Waals surface area contributed by atoms with Crippen molar-refractivity contribution in [2.45, 2.75) is 18.6 Å². The Balaban J connectivity index is 1.54. The van der Waals surface area contributed by atoms with E-state index in [0.717, 1.165) is 28.6 Å². The number of benzene rings is 3. The molecule has 0 saturated carbocycles. The van der Waals surface area contributed by atoms with Crippen LogP contribution in [0.1, 0.15) is 17.2 Å². The molecule has 0 fully saturated rings. The zero-order chi connectivity index (χ0) is 23.0. The van der Waals surface area contributed by atoms with Gasteiger partial charge in [-0.2, -0.15) is 0 Å². The van der Waals surface area contributed by atoms with Crippen molar-refractivity contribution < 1.29 is 19.4 Å². The summed E-state index contributed by atoms with van der Waals surface area (Å²) >= 11 is 0. The molecule has 1 amide bonds. The predicted molar refractivity (Wildman–Crippen MR) is 129 cm³/mol. The Hall–Kier alpha value is -3.77. The average Bonchev–Trinajstić information content (AvgIpc) is 3.27. The highest BCUT2D eigenvalue weighted by molar-refractivity contribution is 5.82. The summed E-state index contributed by atoms with van der Waals surface area (Å²) < 4.78 is 13.1. The van der Waals surface area contributed by atoms with E-state index in [9.17, 15) is 9.90 Å². The van der Waals surface area contributed by atoms with Crippen LogP contribution >= 0.6 is 0 Å². The molecule has 0 radical (unpaired) electrons. The molecule has 4 rings (SSSR count). The van der Waals surface area contributed by atoms with Crippen molar-refractivity contribution in [2.24, 2.45) is 0 Å². The number of aliphatic hydroxyl groups is 1. The minimum Gasteiger partial charge on any atom is -0.493 e. The molecule has 0 bridgehead atoms. The first-order valence-corrected chi connectivity index (χ1v) is 11.0. The van der Waals surface area contributed by atoms with Gasteiger partial charge in [0.1, 0.15) is 18.5 Å². The van der Waals surface area contributed by atoms with Crippen LogP contribution in [-0.4, -0.2) is 42.1 Å². The fourth-order valence-corrected chi connectivity index (χ4v) is 3.95. The van der Waals surface area contributed by atoms with Crippen molar-refractivity contribution in [2.75, 3.05) is 20.3 Å². The summed E-state index contributed by atoms with van der Waals surface area (Å²) in [6.07, 6.45) is 1.28. The molecule has 0 aliphatic carbocycles. The second-order valence-corrected chi connectivity index (χ2v) is 7.80.